The van der Waals surface area contributed by atoms with Crippen LogP contribution in [0, 0.1) is 0 Å². The molecule has 7 nitrogen and oxygen atoms in total. The molecular formula is C17H26N6OS. The largest absolute Gasteiger partial charge is 0.335 e. The number of rotatable bonds is 7. The van der Waals surface area contributed by atoms with Gasteiger partial charge in [-0.2, -0.15) is 0 Å². The lowest BCUT2D eigenvalue weighted by Gasteiger charge is -2.34. The highest BCUT2D eigenvalue weighted by atomic mass is 32.1. The second-order valence-corrected chi connectivity index (χ2v) is 7.08. The van der Waals surface area contributed by atoms with Crippen LogP contribution in [-0.4, -0.2) is 67.6 Å². The summed E-state index contributed by atoms with van der Waals surface area (Å²) < 4.78 is 6.19. The first-order valence-electron chi connectivity index (χ1n) is 9.05. The standard InChI is InChI=1S/C17H26N6OS/c1-3-5-14-16(25-20-19-14)17(24)23-12-9-21(10-13-23)8-11-22-7-6-18-15(22)4-2/h6-7H,3-5,8-13H2,1-2H3. The van der Waals surface area contributed by atoms with Crippen molar-refractivity contribution in [3.8, 4) is 0 Å². The van der Waals surface area contributed by atoms with Gasteiger partial charge in [0.2, 0.25) is 0 Å². The van der Waals surface area contributed by atoms with Gasteiger partial charge in [0.15, 0.2) is 0 Å². The molecule has 0 bridgehead atoms. The van der Waals surface area contributed by atoms with Gasteiger partial charge in [-0.15, -0.1) is 5.10 Å². The summed E-state index contributed by atoms with van der Waals surface area (Å²) >= 11 is 1.23. The molecule has 1 fully saturated rings. The summed E-state index contributed by atoms with van der Waals surface area (Å²) in [6.07, 6.45) is 6.67. The minimum absolute atomic E-state index is 0.0981. The van der Waals surface area contributed by atoms with Crippen LogP contribution in [-0.2, 0) is 19.4 Å². The van der Waals surface area contributed by atoms with E-state index in [9.17, 15) is 4.79 Å². The highest BCUT2D eigenvalue weighted by Crippen LogP contribution is 2.17. The van der Waals surface area contributed by atoms with E-state index in [2.05, 4.69) is 37.9 Å². The van der Waals surface area contributed by atoms with Gasteiger partial charge in [-0.3, -0.25) is 9.69 Å². The van der Waals surface area contributed by atoms with Gasteiger partial charge in [-0.1, -0.05) is 24.8 Å². The fourth-order valence-corrected chi connectivity index (χ4v) is 3.87. The number of piperazine rings is 1. The molecule has 1 amide bonds. The predicted octanol–water partition coefficient (Wildman–Crippen LogP) is 1.71. The molecule has 2 aromatic heterocycles. The summed E-state index contributed by atoms with van der Waals surface area (Å²) in [4.78, 5) is 22.2. The molecule has 0 spiro atoms. The lowest BCUT2D eigenvalue weighted by atomic mass is 10.2. The Kier molecular flexibility index (Phi) is 6.14. The van der Waals surface area contributed by atoms with Gasteiger partial charge in [0.05, 0.1) is 5.69 Å². The highest BCUT2D eigenvalue weighted by molar-refractivity contribution is 7.08. The Morgan fingerprint density at radius 3 is 2.72 bits per heavy atom. The summed E-state index contributed by atoms with van der Waals surface area (Å²) in [6, 6.07) is 0. The molecule has 0 unspecified atom stereocenters. The van der Waals surface area contributed by atoms with E-state index in [0.29, 0.717) is 0 Å². The first-order chi connectivity index (χ1) is 12.2. The predicted molar refractivity (Wildman–Crippen MR) is 97.9 cm³/mol. The highest BCUT2D eigenvalue weighted by Gasteiger charge is 2.25. The molecule has 8 heteroatoms. The van der Waals surface area contributed by atoms with Gasteiger partial charge in [-0.05, 0) is 18.0 Å². The summed E-state index contributed by atoms with van der Waals surface area (Å²) in [5.74, 6) is 1.23. The first-order valence-corrected chi connectivity index (χ1v) is 9.83. The topological polar surface area (TPSA) is 67.2 Å². The summed E-state index contributed by atoms with van der Waals surface area (Å²) in [6.45, 7) is 9.54. The van der Waals surface area contributed by atoms with E-state index in [1.165, 1.54) is 11.5 Å². The molecule has 25 heavy (non-hydrogen) atoms. The van der Waals surface area contributed by atoms with Gasteiger partial charge in [0.25, 0.3) is 5.91 Å². The van der Waals surface area contributed by atoms with Crippen LogP contribution in [0.3, 0.4) is 0 Å². The van der Waals surface area contributed by atoms with E-state index in [1.54, 1.807) is 0 Å². The maximum Gasteiger partial charge on any atom is 0.267 e. The monoisotopic (exact) mass is 362 g/mol. The molecule has 0 atom stereocenters. The van der Waals surface area contributed by atoms with Crippen LogP contribution in [0.15, 0.2) is 12.4 Å². The third kappa shape index (κ3) is 4.24. The maximum absolute atomic E-state index is 12.7. The third-order valence-electron chi connectivity index (χ3n) is 4.67. The van der Waals surface area contributed by atoms with Crippen molar-refractivity contribution in [2.75, 3.05) is 32.7 Å². The number of aryl methyl sites for hydroxylation is 2. The second kappa shape index (κ2) is 8.53. The normalized spacial score (nSPS) is 15.7. The Labute approximate surface area is 152 Å². The van der Waals surface area contributed by atoms with Crippen LogP contribution < -0.4 is 0 Å². The van der Waals surface area contributed by atoms with Crippen LogP contribution >= 0.6 is 11.5 Å². The van der Waals surface area contributed by atoms with E-state index in [0.717, 1.165) is 74.9 Å². The second-order valence-electron chi connectivity index (χ2n) is 6.32. The molecule has 1 aliphatic rings. The quantitative estimate of drug-likeness (QED) is 0.750. The van der Waals surface area contributed by atoms with Crippen molar-refractivity contribution in [2.45, 2.75) is 39.7 Å². The molecule has 0 aromatic carbocycles. The van der Waals surface area contributed by atoms with Crippen molar-refractivity contribution in [3.05, 3.63) is 28.8 Å². The molecular weight excluding hydrogens is 336 g/mol. The Morgan fingerprint density at radius 2 is 2.00 bits per heavy atom. The number of hydrogen-bond donors (Lipinski definition) is 0. The van der Waals surface area contributed by atoms with Crippen LogP contribution in [0.4, 0.5) is 0 Å². The van der Waals surface area contributed by atoms with Gasteiger partial charge in [0.1, 0.15) is 10.7 Å². The SMILES string of the molecule is CCCc1nnsc1C(=O)N1CCN(CCn2ccnc2CC)CC1. The van der Waals surface area contributed by atoms with Crippen LogP contribution in [0.25, 0.3) is 0 Å². The van der Waals surface area contributed by atoms with Crippen molar-refractivity contribution in [1.29, 1.82) is 0 Å². The number of hydrogen-bond acceptors (Lipinski definition) is 6. The van der Waals surface area contributed by atoms with Crippen molar-refractivity contribution in [3.63, 3.8) is 0 Å². The number of imidazole rings is 1. The Balaban J connectivity index is 1.50. The average Bonchev–Trinajstić information content (AvgIpc) is 3.29. The van der Waals surface area contributed by atoms with Crippen molar-refractivity contribution < 1.29 is 4.79 Å². The van der Waals surface area contributed by atoms with Crippen molar-refractivity contribution >= 4 is 17.4 Å². The molecule has 3 heterocycles. The maximum atomic E-state index is 12.7. The third-order valence-corrected chi connectivity index (χ3v) is 5.43. The first kappa shape index (κ1) is 18.0. The fourth-order valence-electron chi connectivity index (χ4n) is 3.20. The summed E-state index contributed by atoms with van der Waals surface area (Å²) in [5.41, 5.74) is 0.854. The van der Waals surface area contributed by atoms with E-state index in [-0.39, 0.29) is 5.91 Å². The number of carbonyl (C=O) groups is 1. The lowest BCUT2D eigenvalue weighted by molar-refractivity contribution is 0.0636. The zero-order valence-electron chi connectivity index (χ0n) is 15.0. The van der Waals surface area contributed by atoms with E-state index < -0.39 is 0 Å². The van der Waals surface area contributed by atoms with Crippen molar-refractivity contribution in [1.82, 2.24) is 28.9 Å². The minimum Gasteiger partial charge on any atom is -0.335 e. The smallest absolute Gasteiger partial charge is 0.267 e. The Morgan fingerprint density at radius 1 is 1.20 bits per heavy atom. The Hall–Kier alpha value is -1.80. The number of amides is 1. The molecule has 0 aliphatic carbocycles. The molecule has 1 aliphatic heterocycles. The minimum atomic E-state index is 0.0981. The van der Waals surface area contributed by atoms with Crippen LogP contribution in [0.2, 0.25) is 0 Å². The van der Waals surface area contributed by atoms with Crippen molar-refractivity contribution in [2.24, 2.45) is 0 Å². The zero-order chi connectivity index (χ0) is 17.6. The molecule has 136 valence electrons. The van der Waals surface area contributed by atoms with Gasteiger partial charge in [-0.25, -0.2) is 4.98 Å². The molecule has 3 rings (SSSR count). The van der Waals surface area contributed by atoms with E-state index in [4.69, 9.17) is 0 Å². The lowest BCUT2D eigenvalue weighted by Crippen LogP contribution is -2.49. The van der Waals surface area contributed by atoms with Crippen LogP contribution in [0.5, 0.6) is 0 Å². The Bertz CT molecular complexity index is 689. The van der Waals surface area contributed by atoms with Crippen LogP contribution in [0.1, 0.15) is 41.5 Å². The average molecular weight is 363 g/mol. The molecule has 2 aromatic rings. The fraction of sp³-hybridized carbons (Fsp3) is 0.647. The molecule has 0 N–H and O–H groups in total. The van der Waals surface area contributed by atoms with E-state index >= 15 is 0 Å². The molecule has 0 saturated carbocycles. The molecule has 0 radical (unpaired) electrons. The summed E-state index contributed by atoms with van der Waals surface area (Å²) in [5, 5.41) is 4.11. The van der Waals surface area contributed by atoms with Gasteiger partial charge < -0.3 is 9.47 Å². The van der Waals surface area contributed by atoms with Gasteiger partial charge >= 0.3 is 0 Å². The summed E-state index contributed by atoms with van der Waals surface area (Å²) in [7, 11) is 0. The number of nitrogens with zero attached hydrogens (tertiary/aromatic N) is 6. The zero-order valence-corrected chi connectivity index (χ0v) is 15.8. The molecule has 1 saturated heterocycles. The van der Waals surface area contributed by atoms with Gasteiger partial charge in [0, 0.05) is 58.1 Å². The van der Waals surface area contributed by atoms with E-state index in [1.807, 2.05) is 17.3 Å². The number of carbonyl (C=O) groups excluding carboxylic acids is 1. The number of aromatic nitrogens is 4.